The van der Waals surface area contributed by atoms with Crippen LogP contribution in [0.4, 0.5) is 5.69 Å². The summed E-state index contributed by atoms with van der Waals surface area (Å²) in [6, 6.07) is 6.21. The highest BCUT2D eigenvalue weighted by molar-refractivity contribution is 7.87. The van der Waals surface area contributed by atoms with Gasteiger partial charge >= 0.3 is 10.3 Å². The van der Waals surface area contributed by atoms with Crippen molar-refractivity contribution in [1.29, 1.82) is 0 Å². The number of benzene rings is 1. The molecule has 0 spiro atoms. The summed E-state index contributed by atoms with van der Waals surface area (Å²) in [5, 5.41) is 0. The summed E-state index contributed by atoms with van der Waals surface area (Å²) in [5.41, 5.74) is 0.301. The summed E-state index contributed by atoms with van der Waals surface area (Å²) in [5.74, 6) is 0. The molecule has 1 aromatic carbocycles. The van der Waals surface area contributed by atoms with Crippen molar-refractivity contribution in [2.24, 2.45) is 0 Å². The minimum Gasteiger partial charge on any atom is -0.269 e. The molecular formula is C6H7NO3S2. The lowest BCUT2D eigenvalue weighted by Gasteiger charge is -2.01. The quantitative estimate of drug-likeness (QED) is 0.502. The van der Waals surface area contributed by atoms with Crippen LogP contribution in [0.3, 0.4) is 0 Å². The Balaban J connectivity index is 2.85. The lowest BCUT2D eigenvalue weighted by Crippen LogP contribution is -2.09. The van der Waals surface area contributed by atoms with Gasteiger partial charge in [-0.3, -0.25) is 9.27 Å². The summed E-state index contributed by atoms with van der Waals surface area (Å²) in [7, 11) is -4.16. The third-order valence-corrected chi connectivity index (χ3v) is 1.91. The van der Waals surface area contributed by atoms with Crippen LogP contribution in [0.1, 0.15) is 0 Å². The van der Waals surface area contributed by atoms with Gasteiger partial charge in [0.1, 0.15) is 0 Å². The minimum absolute atomic E-state index is 0.301. The molecule has 2 N–H and O–H groups in total. The highest BCUT2D eigenvalue weighted by atomic mass is 32.2. The van der Waals surface area contributed by atoms with Crippen LogP contribution in [-0.2, 0) is 10.3 Å². The van der Waals surface area contributed by atoms with Gasteiger partial charge in [-0.25, -0.2) is 0 Å². The van der Waals surface area contributed by atoms with Crippen molar-refractivity contribution in [2.75, 3.05) is 4.72 Å². The minimum atomic E-state index is -4.16. The van der Waals surface area contributed by atoms with Crippen LogP contribution in [0.15, 0.2) is 29.2 Å². The monoisotopic (exact) mass is 205 g/mol. The Labute approximate surface area is 75.9 Å². The molecular weight excluding hydrogens is 198 g/mol. The van der Waals surface area contributed by atoms with Gasteiger partial charge in [0.05, 0.1) is 5.69 Å². The van der Waals surface area contributed by atoms with Crippen LogP contribution in [-0.4, -0.2) is 13.0 Å². The van der Waals surface area contributed by atoms with Gasteiger partial charge < -0.3 is 0 Å². The van der Waals surface area contributed by atoms with E-state index in [0.29, 0.717) is 5.69 Å². The molecule has 0 aliphatic rings. The highest BCUT2D eigenvalue weighted by Gasteiger charge is 2.01. The van der Waals surface area contributed by atoms with E-state index in [1.165, 1.54) is 12.1 Å². The maximum Gasteiger partial charge on any atom is 0.357 e. The fraction of sp³-hybridized carbons (Fsp3) is 0. The van der Waals surface area contributed by atoms with Crippen LogP contribution >= 0.6 is 12.6 Å². The number of anilines is 1. The lowest BCUT2D eigenvalue weighted by atomic mass is 10.3. The molecule has 0 saturated carbocycles. The molecule has 0 aliphatic heterocycles. The van der Waals surface area contributed by atoms with E-state index in [4.69, 9.17) is 4.55 Å². The van der Waals surface area contributed by atoms with Crippen molar-refractivity contribution >= 4 is 28.6 Å². The third kappa shape index (κ3) is 3.12. The van der Waals surface area contributed by atoms with Gasteiger partial charge in [-0.1, -0.05) is 0 Å². The summed E-state index contributed by atoms with van der Waals surface area (Å²) in [4.78, 5) is 0.718. The van der Waals surface area contributed by atoms with Crippen molar-refractivity contribution in [3.63, 3.8) is 0 Å². The normalized spacial score (nSPS) is 11.2. The average molecular weight is 205 g/mol. The first-order valence-electron chi connectivity index (χ1n) is 3.02. The Morgan fingerprint density at radius 2 is 1.75 bits per heavy atom. The average Bonchev–Trinajstić information content (AvgIpc) is 1.91. The van der Waals surface area contributed by atoms with Crippen molar-refractivity contribution in [2.45, 2.75) is 4.90 Å². The van der Waals surface area contributed by atoms with E-state index in [1.54, 1.807) is 12.1 Å². The van der Waals surface area contributed by atoms with E-state index < -0.39 is 10.3 Å². The molecule has 0 fully saturated rings. The van der Waals surface area contributed by atoms with Crippen LogP contribution < -0.4 is 4.72 Å². The molecule has 0 aromatic heterocycles. The molecule has 0 saturated heterocycles. The van der Waals surface area contributed by atoms with Crippen molar-refractivity contribution in [1.82, 2.24) is 0 Å². The van der Waals surface area contributed by atoms with Gasteiger partial charge in [0.25, 0.3) is 0 Å². The van der Waals surface area contributed by atoms with E-state index in [9.17, 15) is 8.42 Å². The Kier molecular flexibility index (Phi) is 2.61. The molecule has 0 atom stereocenters. The van der Waals surface area contributed by atoms with E-state index in [1.807, 2.05) is 4.72 Å². The first-order chi connectivity index (χ1) is 5.47. The van der Waals surface area contributed by atoms with E-state index in [2.05, 4.69) is 12.6 Å². The zero-order valence-corrected chi connectivity index (χ0v) is 7.64. The second-order valence-corrected chi connectivity index (χ2v) is 3.79. The first kappa shape index (κ1) is 9.37. The predicted octanol–water partition coefficient (Wildman–Crippen LogP) is 1.19. The lowest BCUT2D eigenvalue weighted by molar-refractivity contribution is 0.490. The van der Waals surface area contributed by atoms with Gasteiger partial charge in [-0.2, -0.15) is 8.42 Å². The maximum atomic E-state index is 10.3. The number of thiol groups is 1. The molecule has 4 nitrogen and oxygen atoms in total. The van der Waals surface area contributed by atoms with Crippen LogP contribution in [0.5, 0.6) is 0 Å². The molecule has 0 radical (unpaired) electrons. The summed E-state index contributed by atoms with van der Waals surface area (Å²) >= 11 is 4.00. The van der Waals surface area contributed by atoms with E-state index in [0.717, 1.165) is 4.90 Å². The first-order valence-corrected chi connectivity index (χ1v) is 4.90. The fourth-order valence-corrected chi connectivity index (χ4v) is 1.26. The molecule has 0 aliphatic carbocycles. The molecule has 0 heterocycles. The maximum absolute atomic E-state index is 10.3. The van der Waals surface area contributed by atoms with Crippen LogP contribution in [0.25, 0.3) is 0 Å². The van der Waals surface area contributed by atoms with Crippen LogP contribution in [0.2, 0.25) is 0 Å². The molecule has 0 bridgehead atoms. The van der Waals surface area contributed by atoms with Gasteiger partial charge in [0.15, 0.2) is 0 Å². The van der Waals surface area contributed by atoms with Crippen molar-refractivity contribution in [3.8, 4) is 0 Å². The molecule has 1 rings (SSSR count). The molecule has 0 unspecified atom stereocenters. The highest BCUT2D eigenvalue weighted by Crippen LogP contribution is 2.12. The Hall–Kier alpha value is -0.720. The zero-order chi connectivity index (χ0) is 9.19. The Bertz CT molecular complexity index is 357. The summed E-state index contributed by atoms with van der Waals surface area (Å²) < 4.78 is 30.9. The topological polar surface area (TPSA) is 66.4 Å². The smallest absolute Gasteiger partial charge is 0.269 e. The Morgan fingerprint density at radius 1 is 1.25 bits per heavy atom. The molecule has 66 valence electrons. The second-order valence-electron chi connectivity index (χ2n) is 2.12. The van der Waals surface area contributed by atoms with Gasteiger partial charge in [-0.05, 0) is 24.3 Å². The molecule has 1 aromatic rings. The fourth-order valence-electron chi connectivity index (χ4n) is 0.678. The molecule has 6 heteroatoms. The number of hydrogen-bond acceptors (Lipinski definition) is 3. The van der Waals surface area contributed by atoms with Crippen molar-refractivity contribution < 1.29 is 13.0 Å². The number of nitrogens with one attached hydrogen (secondary N) is 1. The van der Waals surface area contributed by atoms with E-state index in [-0.39, 0.29) is 0 Å². The summed E-state index contributed by atoms with van der Waals surface area (Å²) in [6.07, 6.45) is 0. The summed E-state index contributed by atoms with van der Waals surface area (Å²) in [6.45, 7) is 0. The van der Waals surface area contributed by atoms with E-state index >= 15 is 0 Å². The number of rotatable bonds is 2. The van der Waals surface area contributed by atoms with Crippen molar-refractivity contribution in [3.05, 3.63) is 24.3 Å². The zero-order valence-electron chi connectivity index (χ0n) is 5.93. The second kappa shape index (κ2) is 3.34. The standard InChI is InChI=1S/C6H7NO3S2/c8-12(9,10)7-5-1-3-6(11)4-2-5/h1-4,7,11H,(H,8,9,10). The van der Waals surface area contributed by atoms with Gasteiger partial charge in [0.2, 0.25) is 0 Å². The SMILES string of the molecule is O=S(=O)(O)Nc1ccc(S)cc1. The van der Waals surface area contributed by atoms with Gasteiger partial charge in [-0.15, -0.1) is 12.6 Å². The Morgan fingerprint density at radius 3 is 2.17 bits per heavy atom. The van der Waals surface area contributed by atoms with Gasteiger partial charge in [0, 0.05) is 4.90 Å². The third-order valence-electron chi connectivity index (χ3n) is 1.11. The molecule has 12 heavy (non-hydrogen) atoms. The predicted molar refractivity (Wildman–Crippen MR) is 48.9 cm³/mol. The molecule has 0 amide bonds. The number of hydrogen-bond donors (Lipinski definition) is 3. The largest absolute Gasteiger partial charge is 0.357 e. The van der Waals surface area contributed by atoms with Crippen LogP contribution in [0, 0.1) is 0 Å².